The van der Waals surface area contributed by atoms with Gasteiger partial charge in [-0.15, -0.1) is 0 Å². The molecule has 158 valence electrons. The molecule has 7 nitrogen and oxygen atoms in total. The van der Waals surface area contributed by atoms with Gasteiger partial charge in [-0.25, -0.2) is 8.42 Å². The van der Waals surface area contributed by atoms with Crippen LogP contribution in [0.5, 0.6) is 0 Å². The van der Waals surface area contributed by atoms with Crippen LogP contribution in [0.25, 0.3) is 0 Å². The lowest BCUT2D eigenvalue weighted by Gasteiger charge is -2.29. The van der Waals surface area contributed by atoms with Gasteiger partial charge in [0.05, 0.1) is 26.9 Å². The molecule has 9 heteroatoms. The molecule has 4 rings (SSSR count). The van der Waals surface area contributed by atoms with Crippen LogP contribution in [0.2, 0.25) is 5.02 Å². The van der Waals surface area contributed by atoms with Crippen LogP contribution in [0.4, 0.5) is 17.1 Å². The van der Waals surface area contributed by atoms with Crippen molar-refractivity contribution in [1.29, 1.82) is 0 Å². The molecule has 2 amide bonds. The van der Waals surface area contributed by atoms with Crippen molar-refractivity contribution in [2.45, 2.75) is 11.8 Å². The summed E-state index contributed by atoms with van der Waals surface area (Å²) >= 11 is 6.25. The normalized spacial score (nSPS) is 13.4. The number of nitrogens with one attached hydrogen (secondary N) is 2. The number of halogens is 1. The summed E-state index contributed by atoms with van der Waals surface area (Å²) in [5, 5.41) is 2.86. The Hall–Kier alpha value is -3.36. The summed E-state index contributed by atoms with van der Waals surface area (Å²) in [6, 6.07) is 17.6. The number of carbonyl (C=O) groups is 2. The predicted molar refractivity (Wildman–Crippen MR) is 120 cm³/mol. The fourth-order valence-electron chi connectivity index (χ4n) is 3.24. The second-order valence-electron chi connectivity index (χ2n) is 7.07. The summed E-state index contributed by atoms with van der Waals surface area (Å²) in [7, 11) is -3.85. The Morgan fingerprint density at radius 2 is 1.77 bits per heavy atom. The van der Waals surface area contributed by atoms with Crippen molar-refractivity contribution >= 4 is 50.5 Å². The zero-order valence-corrected chi connectivity index (χ0v) is 18.0. The van der Waals surface area contributed by atoms with E-state index < -0.39 is 15.9 Å². The summed E-state index contributed by atoms with van der Waals surface area (Å²) in [5.41, 5.74) is 2.25. The van der Waals surface area contributed by atoms with E-state index in [0.29, 0.717) is 11.4 Å². The number of hydrogen-bond donors (Lipinski definition) is 2. The van der Waals surface area contributed by atoms with E-state index >= 15 is 0 Å². The fourth-order valence-corrected chi connectivity index (χ4v) is 4.49. The van der Waals surface area contributed by atoms with Crippen LogP contribution in [0.3, 0.4) is 0 Å². The molecule has 0 atom stereocenters. The number of rotatable bonds is 4. The van der Waals surface area contributed by atoms with Gasteiger partial charge in [-0.2, -0.15) is 0 Å². The second-order valence-corrected chi connectivity index (χ2v) is 9.16. The maximum atomic E-state index is 13.2. The quantitative estimate of drug-likeness (QED) is 0.620. The Morgan fingerprint density at radius 1 is 1.06 bits per heavy atom. The van der Waals surface area contributed by atoms with Crippen LogP contribution in [0, 0.1) is 6.92 Å². The van der Waals surface area contributed by atoms with E-state index in [9.17, 15) is 18.0 Å². The van der Waals surface area contributed by atoms with Gasteiger partial charge in [-0.05, 0) is 49.4 Å². The lowest BCUT2D eigenvalue weighted by atomic mass is 10.1. The van der Waals surface area contributed by atoms with E-state index in [1.54, 1.807) is 36.4 Å². The molecule has 3 aromatic rings. The van der Waals surface area contributed by atoms with Crippen LogP contribution in [-0.2, 0) is 14.8 Å². The minimum absolute atomic E-state index is 0.0790. The Bertz CT molecular complexity index is 1290. The molecule has 0 radical (unpaired) electrons. The molecule has 0 aliphatic carbocycles. The van der Waals surface area contributed by atoms with Gasteiger partial charge >= 0.3 is 0 Å². The van der Waals surface area contributed by atoms with Gasteiger partial charge in [0.1, 0.15) is 6.54 Å². The average Bonchev–Trinajstić information content (AvgIpc) is 2.74. The van der Waals surface area contributed by atoms with E-state index in [2.05, 4.69) is 10.0 Å². The number of carbonyl (C=O) groups excluding carboxylic acids is 2. The predicted octanol–water partition coefficient (Wildman–Crippen LogP) is 4.05. The molecule has 0 bridgehead atoms. The third kappa shape index (κ3) is 4.26. The number of aryl methyl sites for hydroxylation is 1. The van der Waals surface area contributed by atoms with Crippen molar-refractivity contribution in [2.24, 2.45) is 0 Å². The van der Waals surface area contributed by atoms with Crippen molar-refractivity contribution in [3.05, 3.63) is 82.9 Å². The second kappa shape index (κ2) is 8.05. The molecule has 0 saturated heterocycles. The Kier molecular flexibility index (Phi) is 5.43. The van der Waals surface area contributed by atoms with Gasteiger partial charge in [-0.1, -0.05) is 41.4 Å². The number of benzene rings is 3. The molecular weight excluding hydrogens is 438 g/mol. The number of nitrogens with zero attached hydrogens (tertiary/aromatic N) is 1. The molecule has 2 N–H and O–H groups in total. The van der Waals surface area contributed by atoms with E-state index in [1.165, 1.54) is 35.2 Å². The Morgan fingerprint density at radius 3 is 2.52 bits per heavy atom. The number of fused-ring (bicyclic) bond motifs is 1. The van der Waals surface area contributed by atoms with Crippen LogP contribution < -0.4 is 14.9 Å². The molecule has 0 fully saturated rings. The zero-order chi connectivity index (χ0) is 22.2. The highest BCUT2D eigenvalue weighted by atomic mass is 35.5. The first-order valence-corrected chi connectivity index (χ1v) is 11.2. The summed E-state index contributed by atoms with van der Waals surface area (Å²) in [4.78, 5) is 26.7. The van der Waals surface area contributed by atoms with Crippen molar-refractivity contribution in [3.8, 4) is 0 Å². The Labute approximate surface area is 184 Å². The molecule has 0 spiro atoms. The molecule has 3 aromatic carbocycles. The molecular formula is C22H18ClN3O4S. The largest absolute Gasteiger partial charge is 0.323 e. The van der Waals surface area contributed by atoms with Crippen molar-refractivity contribution in [2.75, 3.05) is 21.5 Å². The first-order valence-electron chi connectivity index (χ1n) is 9.34. The average molecular weight is 456 g/mol. The summed E-state index contributed by atoms with van der Waals surface area (Å²) in [6.45, 7) is 1.69. The third-order valence-corrected chi connectivity index (χ3v) is 6.52. The first kappa shape index (κ1) is 20.9. The maximum Gasteiger partial charge on any atom is 0.261 e. The molecule has 1 aliphatic heterocycles. The minimum Gasteiger partial charge on any atom is -0.323 e. The van der Waals surface area contributed by atoms with E-state index in [4.69, 9.17) is 11.6 Å². The lowest BCUT2D eigenvalue weighted by Crippen LogP contribution is -2.42. The number of anilines is 3. The molecule has 1 aliphatic rings. The van der Waals surface area contributed by atoms with E-state index in [1.807, 2.05) is 6.92 Å². The van der Waals surface area contributed by atoms with Crippen LogP contribution in [0.15, 0.2) is 71.6 Å². The van der Waals surface area contributed by atoms with Gasteiger partial charge in [-0.3, -0.25) is 19.2 Å². The molecule has 1 heterocycles. The van der Waals surface area contributed by atoms with Crippen LogP contribution in [-0.4, -0.2) is 26.8 Å². The van der Waals surface area contributed by atoms with Crippen LogP contribution in [0.1, 0.15) is 15.9 Å². The lowest BCUT2D eigenvalue weighted by molar-refractivity contribution is -0.115. The van der Waals surface area contributed by atoms with Gasteiger partial charge < -0.3 is 5.32 Å². The smallest absolute Gasteiger partial charge is 0.261 e. The first-order chi connectivity index (χ1) is 14.7. The van der Waals surface area contributed by atoms with Gasteiger partial charge in [0, 0.05) is 5.69 Å². The van der Waals surface area contributed by atoms with Gasteiger partial charge in [0.2, 0.25) is 5.91 Å². The van der Waals surface area contributed by atoms with E-state index in [-0.39, 0.29) is 33.6 Å². The highest BCUT2D eigenvalue weighted by Crippen LogP contribution is 2.32. The SMILES string of the molecule is Cc1ccc(S(=O)(=O)Nc2ccc(Cl)c(C(=O)N3CC(=O)Nc4ccccc43)c2)cc1. The van der Waals surface area contributed by atoms with Crippen LogP contribution >= 0.6 is 11.6 Å². The van der Waals surface area contributed by atoms with E-state index in [0.717, 1.165) is 5.56 Å². The summed E-state index contributed by atoms with van der Waals surface area (Å²) < 4.78 is 27.9. The standard InChI is InChI=1S/C22H18ClN3O4S/c1-14-6-9-16(10-7-14)31(29,30)25-15-8-11-18(23)17(12-15)22(28)26-13-21(27)24-19-4-2-3-5-20(19)26/h2-12,25H,13H2,1H3,(H,24,27). The van der Waals surface area contributed by atoms with Crippen molar-refractivity contribution in [3.63, 3.8) is 0 Å². The number of sulfonamides is 1. The topological polar surface area (TPSA) is 95.6 Å². The highest BCUT2D eigenvalue weighted by Gasteiger charge is 2.29. The number of amides is 2. The summed E-state index contributed by atoms with van der Waals surface area (Å²) in [6.07, 6.45) is 0. The van der Waals surface area contributed by atoms with Gasteiger partial charge in [0.15, 0.2) is 0 Å². The van der Waals surface area contributed by atoms with Crippen molar-refractivity contribution < 1.29 is 18.0 Å². The zero-order valence-electron chi connectivity index (χ0n) is 16.4. The number of hydrogen-bond acceptors (Lipinski definition) is 4. The number of para-hydroxylation sites is 2. The minimum atomic E-state index is -3.85. The highest BCUT2D eigenvalue weighted by molar-refractivity contribution is 7.92. The third-order valence-electron chi connectivity index (χ3n) is 4.80. The Balaban J connectivity index is 1.66. The van der Waals surface area contributed by atoms with Gasteiger partial charge in [0.25, 0.3) is 15.9 Å². The molecule has 31 heavy (non-hydrogen) atoms. The molecule has 0 saturated carbocycles. The molecule has 0 aromatic heterocycles. The monoisotopic (exact) mass is 455 g/mol. The fraction of sp³-hybridized carbons (Fsp3) is 0.0909. The maximum absolute atomic E-state index is 13.2. The molecule has 0 unspecified atom stereocenters. The van der Waals surface area contributed by atoms with Crippen molar-refractivity contribution in [1.82, 2.24) is 0 Å². The summed E-state index contributed by atoms with van der Waals surface area (Å²) in [5.74, 6) is -0.844.